The molecule has 2 aromatic carbocycles. The highest BCUT2D eigenvalue weighted by atomic mass is 16.5. The summed E-state index contributed by atoms with van der Waals surface area (Å²) >= 11 is 0. The van der Waals surface area contributed by atoms with E-state index in [-0.39, 0.29) is 5.78 Å². The van der Waals surface area contributed by atoms with E-state index in [0.29, 0.717) is 23.4 Å². The number of rotatable bonds is 4. The van der Waals surface area contributed by atoms with Gasteiger partial charge in [0.2, 0.25) is 5.78 Å². The minimum absolute atomic E-state index is 0.142. The molecule has 0 bridgehead atoms. The first-order valence-electron chi connectivity index (χ1n) is 6.77. The summed E-state index contributed by atoms with van der Waals surface area (Å²) in [5, 5.41) is 0. The number of hydrogen-bond acceptors (Lipinski definition) is 4. The Bertz CT molecular complexity index is 782. The Morgan fingerprint density at radius 3 is 2.48 bits per heavy atom. The first kappa shape index (κ1) is 13.2. The SMILES string of the molecule is CCOc1ccc(C(=O)c2cnc3ccccc3n2)cc1. The molecular formula is C17H14N2O2. The van der Waals surface area contributed by atoms with Gasteiger partial charge in [0.1, 0.15) is 11.4 Å². The Balaban J connectivity index is 1.92. The monoisotopic (exact) mass is 278 g/mol. The number of para-hydroxylation sites is 2. The summed E-state index contributed by atoms with van der Waals surface area (Å²) in [5.41, 5.74) is 2.41. The molecule has 1 aromatic heterocycles. The van der Waals surface area contributed by atoms with Gasteiger partial charge in [-0.25, -0.2) is 4.98 Å². The molecule has 0 aliphatic heterocycles. The third-order valence-corrected chi connectivity index (χ3v) is 3.11. The number of ether oxygens (including phenoxy) is 1. The van der Waals surface area contributed by atoms with Crippen LogP contribution < -0.4 is 4.74 Å². The fraction of sp³-hybridized carbons (Fsp3) is 0.118. The normalized spacial score (nSPS) is 10.5. The lowest BCUT2D eigenvalue weighted by Crippen LogP contribution is -2.05. The van der Waals surface area contributed by atoms with Crippen LogP contribution in [-0.4, -0.2) is 22.4 Å². The number of carbonyl (C=O) groups is 1. The van der Waals surface area contributed by atoms with Gasteiger partial charge in [0.15, 0.2) is 0 Å². The molecule has 1 heterocycles. The summed E-state index contributed by atoms with van der Waals surface area (Å²) in [7, 11) is 0. The first-order chi connectivity index (χ1) is 10.3. The third kappa shape index (κ3) is 2.74. The van der Waals surface area contributed by atoms with Crippen molar-refractivity contribution in [3.05, 3.63) is 66.0 Å². The zero-order valence-electron chi connectivity index (χ0n) is 11.6. The topological polar surface area (TPSA) is 52.1 Å². The number of nitrogens with zero attached hydrogens (tertiary/aromatic N) is 2. The third-order valence-electron chi connectivity index (χ3n) is 3.11. The van der Waals surface area contributed by atoms with E-state index in [9.17, 15) is 4.79 Å². The second-order valence-electron chi connectivity index (χ2n) is 4.53. The molecule has 0 saturated carbocycles. The van der Waals surface area contributed by atoms with E-state index in [1.165, 1.54) is 6.20 Å². The Kier molecular flexibility index (Phi) is 3.60. The van der Waals surface area contributed by atoms with Crippen LogP contribution in [0.25, 0.3) is 11.0 Å². The predicted molar refractivity (Wildman–Crippen MR) is 80.6 cm³/mol. The van der Waals surface area contributed by atoms with Crippen LogP contribution in [0.2, 0.25) is 0 Å². The zero-order valence-corrected chi connectivity index (χ0v) is 11.6. The summed E-state index contributed by atoms with van der Waals surface area (Å²) in [4.78, 5) is 21.0. The van der Waals surface area contributed by atoms with E-state index >= 15 is 0 Å². The molecule has 0 spiro atoms. The van der Waals surface area contributed by atoms with Crippen LogP contribution in [0.5, 0.6) is 5.75 Å². The smallest absolute Gasteiger partial charge is 0.212 e. The van der Waals surface area contributed by atoms with E-state index in [0.717, 1.165) is 11.3 Å². The highest BCUT2D eigenvalue weighted by molar-refractivity contribution is 6.08. The molecule has 3 rings (SSSR count). The van der Waals surface area contributed by atoms with Gasteiger partial charge in [-0.05, 0) is 43.3 Å². The van der Waals surface area contributed by atoms with Gasteiger partial charge in [0.05, 0.1) is 23.8 Å². The molecule has 0 aliphatic rings. The highest BCUT2D eigenvalue weighted by Gasteiger charge is 2.12. The lowest BCUT2D eigenvalue weighted by Gasteiger charge is -2.05. The molecule has 3 aromatic rings. The Hall–Kier alpha value is -2.75. The maximum atomic E-state index is 12.4. The zero-order chi connectivity index (χ0) is 14.7. The molecule has 4 nitrogen and oxygen atoms in total. The Labute approximate surface area is 122 Å². The van der Waals surface area contributed by atoms with Crippen molar-refractivity contribution >= 4 is 16.8 Å². The highest BCUT2D eigenvalue weighted by Crippen LogP contribution is 2.16. The minimum atomic E-state index is -0.142. The van der Waals surface area contributed by atoms with Gasteiger partial charge < -0.3 is 4.74 Å². The van der Waals surface area contributed by atoms with E-state index in [2.05, 4.69) is 9.97 Å². The number of carbonyl (C=O) groups excluding carboxylic acids is 1. The first-order valence-corrected chi connectivity index (χ1v) is 6.77. The molecule has 0 N–H and O–H groups in total. The Morgan fingerprint density at radius 2 is 1.76 bits per heavy atom. The summed E-state index contributed by atoms with van der Waals surface area (Å²) in [6.45, 7) is 2.52. The van der Waals surface area contributed by atoms with Crippen LogP contribution in [0.4, 0.5) is 0 Å². The second kappa shape index (κ2) is 5.71. The fourth-order valence-electron chi connectivity index (χ4n) is 2.08. The average molecular weight is 278 g/mol. The van der Waals surface area contributed by atoms with Gasteiger partial charge in [-0.2, -0.15) is 0 Å². The number of fused-ring (bicyclic) bond motifs is 1. The standard InChI is InChI=1S/C17H14N2O2/c1-2-21-13-9-7-12(8-10-13)17(20)16-11-18-14-5-3-4-6-15(14)19-16/h3-11H,2H2,1H3. The molecule has 4 heteroatoms. The van der Waals surface area contributed by atoms with Gasteiger partial charge in [-0.1, -0.05) is 12.1 Å². The van der Waals surface area contributed by atoms with Crippen LogP contribution >= 0.6 is 0 Å². The van der Waals surface area contributed by atoms with Crippen molar-refractivity contribution in [1.82, 2.24) is 9.97 Å². The molecule has 0 saturated heterocycles. The van der Waals surface area contributed by atoms with Crippen molar-refractivity contribution in [2.75, 3.05) is 6.61 Å². The van der Waals surface area contributed by atoms with E-state index in [1.54, 1.807) is 24.3 Å². The van der Waals surface area contributed by atoms with E-state index in [1.807, 2.05) is 31.2 Å². The van der Waals surface area contributed by atoms with Crippen molar-refractivity contribution in [3.8, 4) is 5.75 Å². The predicted octanol–water partition coefficient (Wildman–Crippen LogP) is 3.26. The van der Waals surface area contributed by atoms with E-state index in [4.69, 9.17) is 4.74 Å². The lowest BCUT2D eigenvalue weighted by atomic mass is 10.1. The lowest BCUT2D eigenvalue weighted by molar-refractivity contribution is 0.103. The van der Waals surface area contributed by atoms with Gasteiger partial charge in [-0.3, -0.25) is 9.78 Å². The summed E-state index contributed by atoms with van der Waals surface area (Å²) in [6.07, 6.45) is 1.52. The van der Waals surface area contributed by atoms with Crippen LogP contribution in [0.15, 0.2) is 54.7 Å². The van der Waals surface area contributed by atoms with Crippen molar-refractivity contribution in [3.63, 3.8) is 0 Å². The maximum absolute atomic E-state index is 12.4. The summed E-state index contributed by atoms with van der Waals surface area (Å²) < 4.78 is 5.36. The van der Waals surface area contributed by atoms with Crippen LogP contribution in [0, 0.1) is 0 Å². The van der Waals surface area contributed by atoms with E-state index < -0.39 is 0 Å². The number of benzene rings is 2. The number of hydrogen-bond donors (Lipinski definition) is 0. The Morgan fingerprint density at radius 1 is 1.05 bits per heavy atom. The fourth-order valence-corrected chi connectivity index (χ4v) is 2.08. The number of aromatic nitrogens is 2. The summed E-state index contributed by atoms with van der Waals surface area (Å²) in [5.74, 6) is 0.606. The largest absolute Gasteiger partial charge is 0.494 e. The minimum Gasteiger partial charge on any atom is -0.494 e. The molecular weight excluding hydrogens is 264 g/mol. The number of ketones is 1. The van der Waals surface area contributed by atoms with Crippen molar-refractivity contribution in [2.45, 2.75) is 6.92 Å². The van der Waals surface area contributed by atoms with Gasteiger partial charge in [0.25, 0.3) is 0 Å². The molecule has 104 valence electrons. The van der Waals surface area contributed by atoms with Gasteiger partial charge in [-0.15, -0.1) is 0 Å². The maximum Gasteiger partial charge on any atom is 0.212 e. The average Bonchev–Trinajstić information content (AvgIpc) is 2.55. The molecule has 0 fully saturated rings. The van der Waals surface area contributed by atoms with Gasteiger partial charge in [0, 0.05) is 5.56 Å². The van der Waals surface area contributed by atoms with Crippen molar-refractivity contribution in [2.24, 2.45) is 0 Å². The molecule has 0 amide bonds. The van der Waals surface area contributed by atoms with Crippen molar-refractivity contribution in [1.29, 1.82) is 0 Å². The molecule has 21 heavy (non-hydrogen) atoms. The molecule has 0 aliphatic carbocycles. The molecule has 0 atom stereocenters. The van der Waals surface area contributed by atoms with Crippen LogP contribution in [0.1, 0.15) is 23.0 Å². The summed E-state index contributed by atoms with van der Waals surface area (Å²) in [6, 6.07) is 14.5. The molecule has 0 radical (unpaired) electrons. The van der Waals surface area contributed by atoms with Crippen LogP contribution in [-0.2, 0) is 0 Å². The van der Waals surface area contributed by atoms with Gasteiger partial charge >= 0.3 is 0 Å². The quantitative estimate of drug-likeness (QED) is 0.687. The molecule has 0 unspecified atom stereocenters. The van der Waals surface area contributed by atoms with Crippen LogP contribution in [0.3, 0.4) is 0 Å². The second-order valence-corrected chi connectivity index (χ2v) is 4.53. The van der Waals surface area contributed by atoms with Crippen molar-refractivity contribution < 1.29 is 9.53 Å².